The maximum atomic E-state index is 13.5. The molecule has 0 spiro atoms. The molecule has 1 aromatic carbocycles. The molecule has 92 valence electrons. The fourth-order valence-corrected chi connectivity index (χ4v) is 1.69. The molecule has 6 heteroatoms. The van der Waals surface area contributed by atoms with Crippen molar-refractivity contribution in [2.24, 2.45) is 0 Å². The van der Waals surface area contributed by atoms with E-state index in [9.17, 15) is 9.18 Å². The van der Waals surface area contributed by atoms with E-state index in [-0.39, 0.29) is 11.3 Å². The molecule has 1 heterocycles. The molecule has 2 rings (SSSR count). The third kappa shape index (κ3) is 2.84. The van der Waals surface area contributed by atoms with Crippen LogP contribution in [-0.4, -0.2) is 16.1 Å². The van der Waals surface area contributed by atoms with Gasteiger partial charge in [-0.1, -0.05) is 15.9 Å². The van der Waals surface area contributed by atoms with Crippen molar-refractivity contribution >= 4 is 33.4 Å². The summed E-state index contributed by atoms with van der Waals surface area (Å²) in [5.41, 5.74) is 0.343. The van der Waals surface area contributed by atoms with Gasteiger partial charge in [0.25, 0.3) is 0 Å². The van der Waals surface area contributed by atoms with E-state index in [0.717, 1.165) is 4.47 Å². The number of pyridine rings is 1. The van der Waals surface area contributed by atoms with Gasteiger partial charge < -0.3 is 10.4 Å². The Labute approximate surface area is 111 Å². The van der Waals surface area contributed by atoms with Crippen molar-refractivity contribution in [2.75, 3.05) is 5.32 Å². The van der Waals surface area contributed by atoms with Crippen molar-refractivity contribution < 1.29 is 14.3 Å². The zero-order valence-corrected chi connectivity index (χ0v) is 10.6. The summed E-state index contributed by atoms with van der Waals surface area (Å²) in [6.07, 6.45) is 1.21. The monoisotopic (exact) mass is 310 g/mol. The zero-order valence-electron chi connectivity index (χ0n) is 9.02. The van der Waals surface area contributed by atoms with E-state index in [0.29, 0.717) is 5.82 Å². The average Bonchev–Trinajstić information content (AvgIpc) is 2.34. The molecular weight excluding hydrogens is 303 g/mol. The fraction of sp³-hybridized carbons (Fsp3) is 0. The van der Waals surface area contributed by atoms with E-state index in [1.54, 1.807) is 12.1 Å². The molecule has 1 aromatic heterocycles. The lowest BCUT2D eigenvalue weighted by molar-refractivity contribution is 0.0696. The number of halogens is 2. The van der Waals surface area contributed by atoms with Crippen molar-refractivity contribution in [2.45, 2.75) is 0 Å². The summed E-state index contributed by atoms with van der Waals surface area (Å²) in [4.78, 5) is 14.5. The summed E-state index contributed by atoms with van der Waals surface area (Å²) >= 11 is 3.24. The van der Waals surface area contributed by atoms with Gasteiger partial charge in [0.15, 0.2) is 0 Å². The van der Waals surface area contributed by atoms with Crippen molar-refractivity contribution in [3.8, 4) is 0 Å². The highest BCUT2D eigenvalue weighted by Gasteiger charge is 2.06. The Morgan fingerprint density at radius 3 is 2.72 bits per heavy atom. The minimum Gasteiger partial charge on any atom is -0.478 e. The first-order chi connectivity index (χ1) is 8.56. The van der Waals surface area contributed by atoms with Crippen LogP contribution in [0.4, 0.5) is 15.9 Å². The molecule has 18 heavy (non-hydrogen) atoms. The number of nitrogens with zero attached hydrogens (tertiary/aromatic N) is 1. The van der Waals surface area contributed by atoms with Gasteiger partial charge in [0.2, 0.25) is 0 Å². The summed E-state index contributed by atoms with van der Waals surface area (Å²) in [6, 6.07) is 7.35. The highest BCUT2D eigenvalue weighted by molar-refractivity contribution is 9.10. The van der Waals surface area contributed by atoms with Gasteiger partial charge in [-0.25, -0.2) is 14.2 Å². The number of nitrogens with one attached hydrogen (secondary N) is 1. The number of aromatic nitrogens is 1. The second kappa shape index (κ2) is 5.14. The molecule has 0 unspecified atom stereocenters. The van der Waals surface area contributed by atoms with Gasteiger partial charge in [0.1, 0.15) is 11.6 Å². The van der Waals surface area contributed by atoms with Crippen LogP contribution in [0.2, 0.25) is 0 Å². The van der Waals surface area contributed by atoms with Crippen molar-refractivity contribution in [3.05, 3.63) is 52.4 Å². The summed E-state index contributed by atoms with van der Waals surface area (Å²) in [5.74, 6) is -1.10. The van der Waals surface area contributed by atoms with Crippen LogP contribution in [0, 0.1) is 5.82 Å². The van der Waals surface area contributed by atoms with E-state index < -0.39 is 11.8 Å². The van der Waals surface area contributed by atoms with Crippen LogP contribution in [0.25, 0.3) is 0 Å². The second-order valence-corrected chi connectivity index (χ2v) is 4.40. The molecule has 4 nitrogen and oxygen atoms in total. The van der Waals surface area contributed by atoms with Crippen LogP contribution < -0.4 is 5.32 Å². The molecule has 0 aliphatic carbocycles. The number of benzene rings is 1. The summed E-state index contributed by atoms with van der Waals surface area (Å²) in [6.45, 7) is 0. The van der Waals surface area contributed by atoms with Crippen molar-refractivity contribution in [1.82, 2.24) is 4.98 Å². The number of hydrogen-bond donors (Lipinski definition) is 2. The largest absolute Gasteiger partial charge is 0.478 e. The van der Waals surface area contributed by atoms with Crippen LogP contribution in [0.5, 0.6) is 0 Å². The lowest BCUT2D eigenvalue weighted by Gasteiger charge is -2.07. The van der Waals surface area contributed by atoms with E-state index in [1.807, 2.05) is 0 Å². The number of carbonyl (C=O) groups is 1. The Hall–Kier alpha value is -1.95. The number of carboxylic acid groups (broad SMARTS) is 1. The number of rotatable bonds is 3. The van der Waals surface area contributed by atoms with Crippen LogP contribution in [-0.2, 0) is 0 Å². The van der Waals surface area contributed by atoms with Gasteiger partial charge in [-0.3, -0.25) is 0 Å². The SMILES string of the molecule is O=C(O)c1ccc(Nc2cc(Br)ccc2F)nc1. The van der Waals surface area contributed by atoms with Crippen molar-refractivity contribution in [3.63, 3.8) is 0 Å². The van der Waals surface area contributed by atoms with Gasteiger partial charge in [0, 0.05) is 10.7 Å². The van der Waals surface area contributed by atoms with E-state index in [1.165, 1.54) is 24.4 Å². The fourth-order valence-electron chi connectivity index (χ4n) is 1.33. The second-order valence-electron chi connectivity index (χ2n) is 3.49. The number of anilines is 2. The third-order valence-electron chi connectivity index (χ3n) is 2.20. The molecular formula is C12H8BrFN2O2. The number of carboxylic acids is 1. The number of hydrogen-bond acceptors (Lipinski definition) is 3. The molecule has 2 aromatic rings. The van der Waals surface area contributed by atoms with Crippen LogP contribution in [0.1, 0.15) is 10.4 Å². The lowest BCUT2D eigenvalue weighted by Crippen LogP contribution is -2.00. The molecule has 0 saturated heterocycles. The molecule has 0 atom stereocenters. The van der Waals surface area contributed by atoms with E-state index >= 15 is 0 Å². The summed E-state index contributed by atoms with van der Waals surface area (Å²) in [5, 5.41) is 11.5. The predicted octanol–water partition coefficient (Wildman–Crippen LogP) is 3.43. The molecule has 0 saturated carbocycles. The zero-order chi connectivity index (χ0) is 13.1. The Bertz CT molecular complexity index is 587. The third-order valence-corrected chi connectivity index (χ3v) is 2.69. The number of aromatic carboxylic acids is 1. The average molecular weight is 311 g/mol. The Balaban J connectivity index is 2.23. The Kier molecular flexibility index (Phi) is 3.57. The van der Waals surface area contributed by atoms with Gasteiger partial charge >= 0.3 is 5.97 Å². The van der Waals surface area contributed by atoms with E-state index in [2.05, 4.69) is 26.2 Å². The minimum atomic E-state index is -1.05. The first kappa shape index (κ1) is 12.5. The molecule has 0 amide bonds. The molecule has 0 bridgehead atoms. The molecule has 0 radical (unpaired) electrons. The Morgan fingerprint density at radius 1 is 1.33 bits per heavy atom. The van der Waals surface area contributed by atoms with E-state index in [4.69, 9.17) is 5.11 Å². The standard InChI is InChI=1S/C12H8BrFN2O2/c13-8-2-3-9(14)10(5-8)16-11-4-1-7(6-15-11)12(17)18/h1-6H,(H,15,16)(H,17,18). The summed E-state index contributed by atoms with van der Waals surface area (Å²) in [7, 11) is 0. The van der Waals surface area contributed by atoms with Crippen LogP contribution in [0.15, 0.2) is 41.0 Å². The first-order valence-corrected chi connectivity index (χ1v) is 5.77. The van der Waals surface area contributed by atoms with Gasteiger partial charge in [0.05, 0.1) is 11.3 Å². The molecule has 0 aliphatic rings. The molecule has 0 aliphatic heterocycles. The Morgan fingerprint density at radius 2 is 2.11 bits per heavy atom. The van der Waals surface area contributed by atoms with Gasteiger partial charge in [-0.2, -0.15) is 0 Å². The minimum absolute atomic E-state index is 0.0789. The van der Waals surface area contributed by atoms with Crippen molar-refractivity contribution in [1.29, 1.82) is 0 Å². The lowest BCUT2D eigenvalue weighted by atomic mass is 10.2. The normalized spacial score (nSPS) is 10.1. The highest BCUT2D eigenvalue weighted by Crippen LogP contribution is 2.22. The quantitative estimate of drug-likeness (QED) is 0.911. The van der Waals surface area contributed by atoms with Gasteiger partial charge in [-0.15, -0.1) is 0 Å². The molecule has 2 N–H and O–H groups in total. The van der Waals surface area contributed by atoms with Crippen LogP contribution >= 0.6 is 15.9 Å². The predicted molar refractivity (Wildman–Crippen MR) is 68.6 cm³/mol. The topological polar surface area (TPSA) is 62.2 Å². The van der Waals surface area contributed by atoms with Crippen LogP contribution in [0.3, 0.4) is 0 Å². The maximum absolute atomic E-state index is 13.5. The smallest absolute Gasteiger partial charge is 0.337 e. The summed E-state index contributed by atoms with van der Waals surface area (Å²) < 4.78 is 14.2. The van der Waals surface area contributed by atoms with Gasteiger partial charge in [-0.05, 0) is 30.3 Å². The highest BCUT2D eigenvalue weighted by atomic mass is 79.9. The first-order valence-electron chi connectivity index (χ1n) is 4.97. The molecule has 0 fully saturated rings. The maximum Gasteiger partial charge on any atom is 0.337 e.